The van der Waals surface area contributed by atoms with E-state index >= 15 is 0 Å². The quantitative estimate of drug-likeness (QED) is 0.250. The lowest BCUT2D eigenvalue weighted by Crippen LogP contribution is -2.61. The number of pyridine rings is 2. The van der Waals surface area contributed by atoms with Crippen LogP contribution in [-0.2, 0) is 11.2 Å². The van der Waals surface area contributed by atoms with Gasteiger partial charge in [-0.25, -0.2) is 23.8 Å². The van der Waals surface area contributed by atoms with Gasteiger partial charge < -0.3 is 14.5 Å². The third kappa shape index (κ3) is 5.80. The number of nitrogens with zero attached hydrogens (tertiary/aromatic N) is 6. The number of aryl methyl sites for hydroxylation is 2. The van der Waals surface area contributed by atoms with Gasteiger partial charge in [-0.1, -0.05) is 25.4 Å². The first-order chi connectivity index (χ1) is 20.3. The minimum Gasteiger partial charge on any atom is -0.465 e. The maximum Gasteiger partial charge on any atom is 0.339 e. The summed E-state index contributed by atoms with van der Waals surface area (Å²) in [7, 11) is 1.36. The van der Waals surface area contributed by atoms with Gasteiger partial charge in [0.2, 0.25) is 0 Å². The van der Waals surface area contributed by atoms with Gasteiger partial charge in [0.15, 0.2) is 0 Å². The number of aromatic nitrogens is 4. The van der Waals surface area contributed by atoms with E-state index in [1.807, 2.05) is 37.8 Å². The van der Waals surface area contributed by atoms with Crippen molar-refractivity contribution in [2.45, 2.75) is 53.5 Å². The Balaban J connectivity index is 1.44. The van der Waals surface area contributed by atoms with E-state index < -0.39 is 17.3 Å². The van der Waals surface area contributed by atoms with Crippen molar-refractivity contribution < 1.29 is 18.7 Å². The Morgan fingerprint density at radius 2 is 1.84 bits per heavy atom. The maximum absolute atomic E-state index is 14.3. The van der Waals surface area contributed by atoms with Crippen molar-refractivity contribution in [1.29, 1.82) is 0 Å². The molecule has 1 fully saturated rings. The topological polar surface area (TPSA) is 93.5 Å². The molecule has 0 atom stereocenters. The summed E-state index contributed by atoms with van der Waals surface area (Å²) in [4.78, 5) is 39.6. The summed E-state index contributed by atoms with van der Waals surface area (Å²) in [6.45, 7) is 13.5. The SMILES string of the molecule is COC(=O)c1c(C)cc(N2CCN(C(=O)c3ccc4c(n3)c(CC(C)C)nn4-c3ccc(Cl)c(F)c3)C(C)(C)C2)nc1C. The zero-order valence-corrected chi connectivity index (χ0v) is 26.3. The number of carbonyl (C=O) groups excluding carboxylic acids is 2. The summed E-state index contributed by atoms with van der Waals surface area (Å²) in [6.07, 6.45) is 0.648. The Bertz CT molecular complexity index is 1710. The van der Waals surface area contributed by atoms with E-state index in [0.717, 1.165) is 17.1 Å². The first-order valence-electron chi connectivity index (χ1n) is 14.3. The van der Waals surface area contributed by atoms with E-state index in [9.17, 15) is 14.0 Å². The molecule has 0 unspecified atom stereocenters. The molecule has 0 N–H and O–H groups in total. The van der Waals surface area contributed by atoms with Crippen LogP contribution in [0.25, 0.3) is 16.7 Å². The molecule has 4 heterocycles. The number of hydrogen-bond acceptors (Lipinski definition) is 7. The minimum atomic E-state index is -0.539. The lowest BCUT2D eigenvalue weighted by molar-refractivity contribution is 0.0506. The van der Waals surface area contributed by atoms with Gasteiger partial charge in [-0.3, -0.25) is 4.79 Å². The van der Waals surface area contributed by atoms with Crippen LogP contribution in [-0.4, -0.2) is 68.8 Å². The highest BCUT2D eigenvalue weighted by atomic mass is 35.5. The van der Waals surface area contributed by atoms with Crippen LogP contribution in [0.2, 0.25) is 5.02 Å². The summed E-state index contributed by atoms with van der Waals surface area (Å²) >= 11 is 5.91. The lowest BCUT2D eigenvalue weighted by atomic mass is 9.97. The Kier molecular flexibility index (Phi) is 8.17. The summed E-state index contributed by atoms with van der Waals surface area (Å²) in [5.74, 6) is -0.0596. The Hall–Kier alpha value is -4.05. The second kappa shape index (κ2) is 11.6. The number of carbonyl (C=O) groups is 2. The van der Waals surface area contributed by atoms with Gasteiger partial charge in [0.1, 0.15) is 22.8 Å². The molecule has 4 aromatic rings. The molecule has 3 aromatic heterocycles. The number of ether oxygens (including phenoxy) is 1. The standard InChI is InChI=1S/C32H36ClFN6O3/c1-18(2)14-25-29-26(40(37-25)21-8-9-22(33)23(34)16-21)11-10-24(36-29)30(41)39-13-12-38(17-32(39,5)6)27-15-19(3)28(20(4)35-27)31(42)43-7/h8-11,15-16,18H,12-14,17H2,1-7H3. The molecular formula is C32H36ClFN6O3. The normalized spacial score (nSPS) is 14.9. The van der Waals surface area contributed by atoms with Crippen molar-refractivity contribution in [1.82, 2.24) is 24.6 Å². The summed E-state index contributed by atoms with van der Waals surface area (Å²) in [6, 6.07) is 9.97. The van der Waals surface area contributed by atoms with E-state index in [2.05, 4.69) is 18.7 Å². The molecule has 1 aliphatic rings. The second-order valence-electron chi connectivity index (χ2n) is 12.1. The lowest BCUT2D eigenvalue weighted by Gasteiger charge is -2.47. The number of anilines is 1. The number of hydrogen-bond donors (Lipinski definition) is 0. The molecule has 9 nitrogen and oxygen atoms in total. The van der Waals surface area contributed by atoms with E-state index in [-0.39, 0.29) is 10.9 Å². The van der Waals surface area contributed by atoms with E-state index in [1.54, 1.807) is 23.7 Å². The Morgan fingerprint density at radius 1 is 1.09 bits per heavy atom. The predicted molar refractivity (Wildman–Crippen MR) is 165 cm³/mol. The van der Waals surface area contributed by atoms with Crippen LogP contribution in [0.3, 0.4) is 0 Å². The number of methoxy groups -OCH3 is 1. The number of esters is 1. The smallest absolute Gasteiger partial charge is 0.339 e. The largest absolute Gasteiger partial charge is 0.465 e. The van der Waals surface area contributed by atoms with Gasteiger partial charge in [-0.2, -0.15) is 5.10 Å². The number of halogens is 2. The van der Waals surface area contributed by atoms with E-state index in [0.29, 0.717) is 65.6 Å². The van der Waals surface area contributed by atoms with Crippen LogP contribution in [0.1, 0.15) is 65.5 Å². The second-order valence-corrected chi connectivity index (χ2v) is 12.5. The highest BCUT2D eigenvalue weighted by Crippen LogP contribution is 2.30. The number of benzene rings is 1. The van der Waals surface area contributed by atoms with Gasteiger partial charge in [0.05, 0.1) is 45.8 Å². The highest BCUT2D eigenvalue weighted by molar-refractivity contribution is 6.30. The molecule has 1 aromatic carbocycles. The first-order valence-corrected chi connectivity index (χ1v) is 14.7. The van der Waals surface area contributed by atoms with Gasteiger partial charge in [0, 0.05) is 25.7 Å². The summed E-state index contributed by atoms with van der Waals surface area (Å²) in [5, 5.41) is 4.81. The van der Waals surface area contributed by atoms with Crippen LogP contribution in [0.4, 0.5) is 10.2 Å². The number of amides is 1. The molecule has 0 bridgehead atoms. The molecule has 226 valence electrons. The number of fused-ring (bicyclic) bond motifs is 1. The van der Waals surface area contributed by atoms with Gasteiger partial charge in [-0.15, -0.1) is 0 Å². The number of rotatable bonds is 6. The molecule has 0 aliphatic carbocycles. The Labute approximate surface area is 255 Å². The third-order valence-corrected chi connectivity index (χ3v) is 8.12. The van der Waals surface area contributed by atoms with Crippen molar-refractivity contribution >= 4 is 40.3 Å². The molecule has 0 radical (unpaired) electrons. The fourth-order valence-corrected chi connectivity index (χ4v) is 5.88. The van der Waals surface area contributed by atoms with Crippen molar-refractivity contribution in [3.05, 3.63) is 75.4 Å². The fourth-order valence-electron chi connectivity index (χ4n) is 5.76. The number of piperazine rings is 1. The average Bonchev–Trinajstić information content (AvgIpc) is 3.29. The van der Waals surface area contributed by atoms with Crippen LogP contribution in [0.15, 0.2) is 36.4 Å². The molecule has 11 heteroatoms. The van der Waals surface area contributed by atoms with Gasteiger partial charge in [0.25, 0.3) is 5.91 Å². The van der Waals surface area contributed by atoms with Gasteiger partial charge >= 0.3 is 5.97 Å². The molecule has 1 amide bonds. The first kappa shape index (κ1) is 30.4. The van der Waals surface area contributed by atoms with Crippen molar-refractivity contribution in [2.24, 2.45) is 5.92 Å². The van der Waals surface area contributed by atoms with Crippen LogP contribution in [0, 0.1) is 25.6 Å². The zero-order valence-electron chi connectivity index (χ0n) is 25.5. The molecule has 0 saturated carbocycles. The minimum absolute atomic E-state index is 0.0376. The molecule has 43 heavy (non-hydrogen) atoms. The molecular weight excluding hydrogens is 571 g/mol. The summed E-state index contributed by atoms with van der Waals surface area (Å²) in [5.41, 5.74) is 4.23. The fraction of sp³-hybridized carbons (Fsp3) is 0.406. The van der Waals surface area contributed by atoms with Crippen molar-refractivity contribution in [2.75, 3.05) is 31.6 Å². The zero-order chi connectivity index (χ0) is 31.2. The summed E-state index contributed by atoms with van der Waals surface area (Å²) < 4.78 is 20.9. The molecule has 5 rings (SSSR count). The van der Waals surface area contributed by atoms with Crippen LogP contribution >= 0.6 is 11.6 Å². The maximum atomic E-state index is 14.3. The molecule has 1 aliphatic heterocycles. The van der Waals surface area contributed by atoms with E-state index in [1.165, 1.54) is 19.2 Å². The molecule has 0 spiro atoms. The van der Waals surface area contributed by atoms with Gasteiger partial charge in [-0.05, 0) is 75.9 Å². The van der Waals surface area contributed by atoms with Crippen molar-refractivity contribution in [3.63, 3.8) is 0 Å². The van der Waals surface area contributed by atoms with E-state index in [4.69, 9.17) is 31.4 Å². The average molecular weight is 607 g/mol. The molecule has 1 saturated heterocycles. The van der Waals surface area contributed by atoms with Crippen LogP contribution < -0.4 is 4.90 Å². The van der Waals surface area contributed by atoms with Crippen LogP contribution in [0.5, 0.6) is 0 Å². The Morgan fingerprint density at radius 3 is 2.47 bits per heavy atom. The monoisotopic (exact) mass is 606 g/mol. The third-order valence-electron chi connectivity index (χ3n) is 7.81. The predicted octanol–water partition coefficient (Wildman–Crippen LogP) is 5.95. The highest BCUT2D eigenvalue weighted by Gasteiger charge is 2.38. The van der Waals surface area contributed by atoms with Crippen molar-refractivity contribution in [3.8, 4) is 5.69 Å².